The Labute approximate surface area is 153 Å². The molecular formula is C18H14N3O4S-. The molecule has 1 aliphatic rings. The van der Waals surface area contributed by atoms with E-state index in [1.54, 1.807) is 18.3 Å². The molecule has 1 amide bonds. The fraction of sp³-hybridized carbons (Fsp3) is 0.111. The lowest BCUT2D eigenvalue weighted by molar-refractivity contribution is -0.305. The minimum atomic E-state index is -1.31. The number of nitrogens with zero attached hydrogens (tertiary/aromatic N) is 3. The molecule has 0 unspecified atom stereocenters. The fourth-order valence-corrected chi connectivity index (χ4v) is 3.42. The van der Waals surface area contributed by atoms with E-state index in [1.807, 2.05) is 30.3 Å². The lowest BCUT2D eigenvalue weighted by Crippen LogP contribution is -2.35. The van der Waals surface area contributed by atoms with Crippen molar-refractivity contribution in [2.45, 2.75) is 11.7 Å². The number of hydrogen-bond donors (Lipinski definition) is 1. The standard InChI is InChI=1S/C18H15N3O4S/c22-14-8-6-13(7-9-14)21-17(25)15(10-16(23)24)26-18(21)20-19-11-12-4-2-1-3-5-12/h1-9,11,15,22H,10H2,(H,23,24)/p-1/b19-11-,20-18-/t15-/m1/s1. The minimum Gasteiger partial charge on any atom is -0.550 e. The second kappa shape index (κ2) is 7.83. The molecule has 7 nitrogen and oxygen atoms in total. The Morgan fingerprint density at radius 2 is 1.88 bits per heavy atom. The van der Waals surface area contributed by atoms with Gasteiger partial charge in [0.05, 0.1) is 17.2 Å². The van der Waals surface area contributed by atoms with Crippen molar-refractivity contribution in [1.82, 2.24) is 0 Å². The Morgan fingerprint density at radius 1 is 1.19 bits per heavy atom. The van der Waals surface area contributed by atoms with E-state index < -0.39 is 23.5 Å². The monoisotopic (exact) mass is 368 g/mol. The van der Waals surface area contributed by atoms with Gasteiger partial charge in [0.15, 0.2) is 5.17 Å². The Morgan fingerprint density at radius 3 is 2.54 bits per heavy atom. The quantitative estimate of drug-likeness (QED) is 0.634. The zero-order valence-electron chi connectivity index (χ0n) is 13.5. The van der Waals surface area contributed by atoms with Crippen LogP contribution in [0.2, 0.25) is 0 Å². The van der Waals surface area contributed by atoms with Crippen molar-refractivity contribution < 1.29 is 19.8 Å². The summed E-state index contributed by atoms with van der Waals surface area (Å²) >= 11 is 1.02. The largest absolute Gasteiger partial charge is 0.550 e. The molecule has 0 aliphatic carbocycles. The summed E-state index contributed by atoms with van der Waals surface area (Å²) in [6.45, 7) is 0. The second-order valence-electron chi connectivity index (χ2n) is 5.41. The molecule has 132 valence electrons. The van der Waals surface area contributed by atoms with Crippen LogP contribution in [0.4, 0.5) is 5.69 Å². The van der Waals surface area contributed by atoms with Crippen molar-refractivity contribution in [1.29, 1.82) is 0 Å². The van der Waals surface area contributed by atoms with E-state index in [0.717, 1.165) is 17.3 Å². The number of aromatic hydroxyl groups is 1. The van der Waals surface area contributed by atoms with Gasteiger partial charge in [0.25, 0.3) is 0 Å². The average Bonchev–Trinajstić information content (AvgIpc) is 2.92. The van der Waals surface area contributed by atoms with Gasteiger partial charge in [-0.3, -0.25) is 9.69 Å². The van der Waals surface area contributed by atoms with Crippen LogP contribution in [0.15, 0.2) is 64.8 Å². The number of anilines is 1. The highest BCUT2D eigenvalue weighted by molar-refractivity contribution is 8.16. The maximum Gasteiger partial charge on any atom is 0.247 e. The van der Waals surface area contributed by atoms with Gasteiger partial charge in [0, 0.05) is 12.4 Å². The topological polar surface area (TPSA) is 105 Å². The van der Waals surface area contributed by atoms with E-state index in [-0.39, 0.29) is 10.9 Å². The van der Waals surface area contributed by atoms with Gasteiger partial charge in [-0.05, 0) is 29.8 Å². The van der Waals surface area contributed by atoms with Gasteiger partial charge in [0.2, 0.25) is 5.91 Å². The number of amidine groups is 1. The van der Waals surface area contributed by atoms with Crippen molar-refractivity contribution in [3.8, 4) is 5.75 Å². The summed E-state index contributed by atoms with van der Waals surface area (Å²) in [6, 6.07) is 15.3. The lowest BCUT2D eigenvalue weighted by Gasteiger charge is -2.16. The van der Waals surface area contributed by atoms with Crippen LogP contribution >= 0.6 is 11.8 Å². The molecule has 3 rings (SSSR count). The number of carbonyl (C=O) groups is 2. The molecule has 1 fully saturated rings. The minimum absolute atomic E-state index is 0.0555. The Hall–Kier alpha value is -3.13. The summed E-state index contributed by atoms with van der Waals surface area (Å²) in [6.07, 6.45) is 1.12. The Bertz CT molecular complexity index is 866. The third-order valence-electron chi connectivity index (χ3n) is 3.54. The zero-order chi connectivity index (χ0) is 18.5. The maximum absolute atomic E-state index is 12.6. The van der Waals surface area contributed by atoms with Gasteiger partial charge in [-0.25, -0.2) is 0 Å². The van der Waals surface area contributed by atoms with E-state index in [4.69, 9.17) is 0 Å². The van der Waals surface area contributed by atoms with Gasteiger partial charge in [0.1, 0.15) is 5.75 Å². The summed E-state index contributed by atoms with van der Waals surface area (Å²) in [5.74, 6) is -1.67. The summed E-state index contributed by atoms with van der Waals surface area (Å²) < 4.78 is 0. The summed E-state index contributed by atoms with van der Waals surface area (Å²) in [5.41, 5.74) is 1.31. The highest BCUT2D eigenvalue weighted by Crippen LogP contribution is 2.34. The maximum atomic E-state index is 12.6. The molecule has 0 saturated carbocycles. The van der Waals surface area contributed by atoms with Crippen LogP contribution in [0.5, 0.6) is 5.75 Å². The van der Waals surface area contributed by atoms with Crippen LogP contribution in [-0.4, -0.2) is 33.6 Å². The average molecular weight is 368 g/mol. The van der Waals surface area contributed by atoms with Crippen molar-refractivity contribution in [2.24, 2.45) is 10.2 Å². The second-order valence-corrected chi connectivity index (χ2v) is 6.58. The number of carbonyl (C=O) groups excluding carboxylic acids is 2. The smallest absolute Gasteiger partial charge is 0.247 e. The predicted octanol–water partition coefficient (Wildman–Crippen LogP) is 1.37. The molecule has 8 heteroatoms. The summed E-state index contributed by atoms with van der Waals surface area (Å²) in [7, 11) is 0. The van der Waals surface area contributed by atoms with Gasteiger partial charge >= 0.3 is 0 Å². The van der Waals surface area contributed by atoms with Crippen LogP contribution in [0.1, 0.15) is 12.0 Å². The van der Waals surface area contributed by atoms with E-state index in [1.165, 1.54) is 17.0 Å². The molecular weight excluding hydrogens is 354 g/mol. The third-order valence-corrected chi connectivity index (χ3v) is 4.67. The van der Waals surface area contributed by atoms with Crippen molar-refractivity contribution in [3.63, 3.8) is 0 Å². The van der Waals surface area contributed by atoms with Crippen molar-refractivity contribution in [2.75, 3.05) is 4.90 Å². The molecule has 1 saturated heterocycles. The Balaban J connectivity index is 1.90. The van der Waals surface area contributed by atoms with Gasteiger partial charge in [-0.1, -0.05) is 42.1 Å². The zero-order valence-corrected chi connectivity index (χ0v) is 14.3. The number of thioether (sulfide) groups is 1. The van der Waals surface area contributed by atoms with E-state index >= 15 is 0 Å². The highest BCUT2D eigenvalue weighted by Gasteiger charge is 2.39. The number of phenolic OH excluding ortho intramolecular Hbond substituents is 1. The molecule has 0 bridgehead atoms. The Kier molecular flexibility index (Phi) is 5.33. The number of hydrogen-bond acceptors (Lipinski definition) is 7. The first-order chi connectivity index (χ1) is 12.5. The number of phenols is 1. The molecule has 2 aromatic carbocycles. The molecule has 2 aromatic rings. The predicted molar refractivity (Wildman–Crippen MR) is 98.1 cm³/mol. The van der Waals surface area contributed by atoms with Crippen LogP contribution in [0, 0.1) is 0 Å². The molecule has 0 spiro atoms. The number of amides is 1. The lowest BCUT2D eigenvalue weighted by atomic mass is 10.2. The molecule has 0 aromatic heterocycles. The number of benzene rings is 2. The van der Waals surface area contributed by atoms with E-state index in [2.05, 4.69) is 10.2 Å². The molecule has 1 N–H and O–H groups in total. The van der Waals surface area contributed by atoms with E-state index in [0.29, 0.717) is 5.69 Å². The van der Waals surface area contributed by atoms with E-state index in [9.17, 15) is 19.8 Å². The van der Waals surface area contributed by atoms with Crippen molar-refractivity contribution in [3.05, 3.63) is 60.2 Å². The SMILES string of the molecule is O=C([O-])C[C@H]1S/C(=N\N=C/c2ccccc2)N(c2ccc(O)cc2)C1=O. The number of carboxylic acids is 1. The van der Waals surface area contributed by atoms with Gasteiger partial charge < -0.3 is 15.0 Å². The van der Waals surface area contributed by atoms with Crippen LogP contribution < -0.4 is 10.0 Å². The van der Waals surface area contributed by atoms with Crippen molar-refractivity contribution >= 4 is 40.7 Å². The molecule has 26 heavy (non-hydrogen) atoms. The number of carboxylic acid groups (broad SMARTS) is 1. The third kappa shape index (κ3) is 4.09. The molecule has 0 radical (unpaired) electrons. The van der Waals surface area contributed by atoms with Crippen LogP contribution in [0.25, 0.3) is 0 Å². The highest BCUT2D eigenvalue weighted by atomic mass is 32.2. The number of rotatable bonds is 5. The first kappa shape index (κ1) is 17.7. The van der Waals surface area contributed by atoms with Gasteiger partial charge in [-0.2, -0.15) is 5.10 Å². The van der Waals surface area contributed by atoms with Crippen LogP contribution in [0.3, 0.4) is 0 Å². The normalized spacial score (nSPS) is 18.8. The first-order valence-corrected chi connectivity index (χ1v) is 8.58. The van der Waals surface area contributed by atoms with Gasteiger partial charge in [-0.15, -0.1) is 5.10 Å². The first-order valence-electron chi connectivity index (χ1n) is 7.70. The summed E-state index contributed by atoms with van der Waals surface area (Å²) in [4.78, 5) is 24.8. The fourth-order valence-electron chi connectivity index (χ4n) is 2.34. The molecule has 1 aliphatic heterocycles. The van der Waals surface area contributed by atoms with Crippen LogP contribution in [-0.2, 0) is 9.59 Å². The summed E-state index contributed by atoms with van der Waals surface area (Å²) in [5, 5.41) is 27.8. The molecule has 1 atom stereocenters. The molecule has 1 heterocycles. The number of aliphatic carboxylic acids is 1.